The van der Waals surface area contributed by atoms with Crippen LogP contribution in [0.25, 0.3) is 16.0 Å². The molecule has 4 aromatic rings. The summed E-state index contributed by atoms with van der Waals surface area (Å²) in [5, 5.41) is 11.5. The topological polar surface area (TPSA) is 89.0 Å². The Morgan fingerprint density at radius 3 is 2.43 bits per heavy atom. The molecule has 9 heteroatoms. The Morgan fingerprint density at radius 1 is 1.05 bits per heavy atom. The number of thiazole rings is 1. The summed E-state index contributed by atoms with van der Waals surface area (Å²) < 4.78 is 25.4. The zero-order chi connectivity index (χ0) is 26.1. The molecule has 3 aromatic carbocycles. The number of carbonyl (C=O) groups excluding carboxylic acids is 2. The first-order chi connectivity index (χ1) is 17.9. The van der Waals surface area contributed by atoms with Gasteiger partial charge in [0.05, 0.1) is 35.5 Å². The van der Waals surface area contributed by atoms with Gasteiger partial charge in [-0.25, -0.2) is 9.37 Å². The second-order valence-electron chi connectivity index (χ2n) is 8.42. The van der Waals surface area contributed by atoms with E-state index in [1.165, 1.54) is 40.5 Å². The van der Waals surface area contributed by atoms with E-state index >= 15 is 0 Å². The second-order valence-corrected chi connectivity index (χ2v) is 9.43. The number of Topliss-reactive ketones (excluding diaryl/α,β-unsaturated/α-hetero) is 1. The Morgan fingerprint density at radius 2 is 1.76 bits per heavy atom. The number of fused-ring (bicyclic) bond motifs is 1. The van der Waals surface area contributed by atoms with Crippen molar-refractivity contribution in [1.82, 2.24) is 4.98 Å². The van der Waals surface area contributed by atoms with Gasteiger partial charge < -0.3 is 14.6 Å². The molecule has 1 saturated heterocycles. The van der Waals surface area contributed by atoms with Gasteiger partial charge >= 0.3 is 5.91 Å². The number of methoxy groups -OCH3 is 1. The lowest BCUT2D eigenvalue weighted by Gasteiger charge is -2.23. The monoisotopic (exact) mass is 518 g/mol. The van der Waals surface area contributed by atoms with Crippen molar-refractivity contribution < 1.29 is 28.6 Å². The fourth-order valence-electron chi connectivity index (χ4n) is 4.20. The lowest BCUT2D eigenvalue weighted by molar-refractivity contribution is -0.132. The number of carbonyl (C=O) groups is 2. The molecular weight excluding hydrogens is 495 g/mol. The standard InChI is InChI=1S/C28H23FN2O5S/c1-3-14-36-19-10-6-17(7-11-19)25(32)23-24(16-4-8-18(29)9-5-16)31(27(34)26(23)33)28-30-21-13-12-20(35-2)15-22(21)37-28/h4-13,15,24,32H,3,14H2,1-2H3/b25-23+. The quantitative estimate of drug-likeness (QED) is 0.187. The van der Waals surface area contributed by atoms with Gasteiger partial charge in [0.1, 0.15) is 23.1 Å². The lowest BCUT2D eigenvalue weighted by Crippen LogP contribution is -2.29. The maximum atomic E-state index is 13.8. The van der Waals surface area contributed by atoms with Crippen molar-refractivity contribution in [2.45, 2.75) is 19.4 Å². The molecule has 7 nitrogen and oxygen atoms in total. The molecule has 37 heavy (non-hydrogen) atoms. The van der Waals surface area contributed by atoms with Crippen molar-refractivity contribution in [1.29, 1.82) is 0 Å². The number of ether oxygens (including phenoxy) is 2. The number of halogens is 1. The minimum absolute atomic E-state index is 0.101. The third-order valence-corrected chi connectivity index (χ3v) is 7.04. The van der Waals surface area contributed by atoms with Gasteiger partial charge in [0.25, 0.3) is 5.78 Å². The van der Waals surface area contributed by atoms with Crippen molar-refractivity contribution in [3.05, 3.63) is 89.2 Å². The molecule has 5 rings (SSSR count). The molecule has 1 fully saturated rings. The number of aliphatic hydroxyl groups is 1. The number of ketones is 1. The van der Waals surface area contributed by atoms with E-state index < -0.39 is 23.5 Å². The van der Waals surface area contributed by atoms with Crippen LogP contribution in [-0.4, -0.2) is 35.5 Å². The molecule has 1 aliphatic heterocycles. The molecular formula is C28H23FN2O5S. The van der Waals surface area contributed by atoms with E-state index in [9.17, 15) is 19.1 Å². The summed E-state index contributed by atoms with van der Waals surface area (Å²) in [7, 11) is 1.55. The maximum Gasteiger partial charge on any atom is 0.301 e. The first-order valence-electron chi connectivity index (χ1n) is 11.7. The van der Waals surface area contributed by atoms with Gasteiger partial charge in [-0.15, -0.1) is 0 Å². The number of anilines is 1. The van der Waals surface area contributed by atoms with Crippen LogP contribution in [0.1, 0.15) is 30.5 Å². The molecule has 1 aromatic heterocycles. The van der Waals surface area contributed by atoms with Gasteiger partial charge in [0.15, 0.2) is 5.13 Å². The van der Waals surface area contributed by atoms with E-state index in [1.807, 2.05) is 6.92 Å². The van der Waals surface area contributed by atoms with Crippen molar-refractivity contribution in [2.75, 3.05) is 18.6 Å². The minimum Gasteiger partial charge on any atom is -0.507 e. The number of amides is 1. The molecule has 1 aliphatic rings. The van der Waals surface area contributed by atoms with Gasteiger partial charge in [-0.2, -0.15) is 0 Å². The minimum atomic E-state index is -1.00. The van der Waals surface area contributed by atoms with Gasteiger partial charge in [0, 0.05) is 5.56 Å². The normalized spacial score (nSPS) is 16.9. The number of hydrogen-bond acceptors (Lipinski definition) is 7. The number of nitrogens with zero attached hydrogens (tertiary/aromatic N) is 2. The molecule has 0 saturated carbocycles. The van der Waals surface area contributed by atoms with Crippen LogP contribution in [-0.2, 0) is 9.59 Å². The first-order valence-corrected chi connectivity index (χ1v) is 12.5. The Kier molecular flexibility index (Phi) is 6.62. The molecule has 1 atom stereocenters. The molecule has 1 amide bonds. The summed E-state index contributed by atoms with van der Waals surface area (Å²) in [5.41, 5.74) is 1.34. The van der Waals surface area contributed by atoms with E-state index in [-0.39, 0.29) is 16.5 Å². The fraction of sp³-hybridized carbons (Fsp3) is 0.179. The summed E-state index contributed by atoms with van der Waals surface area (Å²) in [6.45, 7) is 2.55. The highest BCUT2D eigenvalue weighted by molar-refractivity contribution is 7.22. The SMILES string of the molecule is CCCOc1ccc(/C(O)=C2\C(=O)C(=O)N(c3nc4ccc(OC)cc4s3)C2c2ccc(F)cc2)cc1. The summed E-state index contributed by atoms with van der Waals surface area (Å²) in [6, 6.07) is 16.4. The van der Waals surface area contributed by atoms with Crippen molar-refractivity contribution in [3.8, 4) is 11.5 Å². The molecule has 0 spiro atoms. The third-order valence-electron chi connectivity index (χ3n) is 6.02. The zero-order valence-electron chi connectivity index (χ0n) is 20.1. The summed E-state index contributed by atoms with van der Waals surface area (Å²) in [4.78, 5) is 32.5. The fourth-order valence-corrected chi connectivity index (χ4v) is 5.22. The number of aliphatic hydroxyl groups excluding tert-OH is 1. The highest BCUT2D eigenvalue weighted by Crippen LogP contribution is 2.44. The third kappa shape index (κ3) is 4.53. The predicted octanol–water partition coefficient (Wildman–Crippen LogP) is 5.86. The second kappa shape index (κ2) is 10.0. The average molecular weight is 519 g/mol. The van der Waals surface area contributed by atoms with E-state index in [4.69, 9.17) is 9.47 Å². The van der Waals surface area contributed by atoms with Gasteiger partial charge in [-0.05, 0) is 66.6 Å². The molecule has 0 radical (unpaired) electrons. The van der Waals surface area contributed by atoms with Crippen LogP contribution in [0, 0.1) is 5.82 Å². The van der Waals surface area contributed by atoms with Gasteiger partial charge in [0.2, 0.25) is 0 Å². The molecule has 0 aliphatic carbocycles. The largest absolute Gasteiger partial charge is 0.507 e. The highest BCUT2D eigenvalue weighted by atomic mass is 32.1. The molecule has 1 N–H and O–H groups in total. The zero-order valence-corrected chi connectivity index (χ0v) is 20.9. The molecule has 2 heterocycles. The molecule has 0 bridgehead atoms. The van der Waals surface area contributed by atoms with Crippen molar-refractivity contribution >= 4 is 44.1 Å². The van der Waals surface area contributed by atoms with E-state index in [0.29, 0.717) is 34.7 Å². The van der Waals surface area contributed by atoms with E-state index in [1.54, 1.807) is 49.6 Å². The highest BCUT2D eigenvalue weighted by Gasteiger charge is 2.48. The van der Waals surface area contributed by atoms with Crippen molar-refractivity contribution in [3.63, 3.8) is 0 Å². The van der Waals surface area contributed by atoms with Crippen LogP contribution < -0.4 is 14.4 Å². The van der Waals surface area contributed by atoms with Gasteiger partial charge in [-0.1, -0.05) is 30.4 Å². The Bertz CT molecular complexity index is 1510. The molecule has 1 unspecified atom stereocenters. The number of aromatic nitrogens is 1. The predicted molar refractivity (Wildman–Crippen MR) is 140 cm³/mol. The Labute approximate surface area is 216 Å². The summed E-state index contributed by atoms with van der Waals surface area (Å²) in [6.07, 6.45) is 0.849. The maximum absolute atomic E-state index is 13.8. The lowest BCUT2D eigenvalue weighted by atomic mass is 9.95. The molecule has 188 valence electrons. The number of benzene rings is 3. The van der Waals surface area contributed by atoms with E-state index in [2.05, 4.69) is 4.98 Å². The summed E-state index contributed by atoms with van der Waals surface area (Å²) in [5.74, 6) is -1.22. The van der Waals surface area contributed by atoms with Crippen molar-refractivity contribution in [2.24, 2.45) is 0 Å². The smallest absolute Gasteiger partial charge is 0.301 e. The Hall–Kier alpha value is -4.24. The van der Waals surface area contributed by atoms with Crippen LogP contribution in [0.15, 0.2) is 72.3 Å². The van der Waals surface area contributed by atoms with Crippen LogP contribution in [0.2, 0.25) is 0 Å². The van der Waals surface area contributed by atoms with E-state index in [0.717, 1.165) is 11.1 Å². The Balaban J connectivity index is 1.64. The van der Waals surface area contributed by atoms with Gasteiger partial charge in [-0.3, -0.25) is 14.5 Å². The van der Waals surface area contributed by atoms with Crippen LogP contribution in [0.3, 0.4) is 0 Å². The average Bonchev–Trinajstić information content (AvgIpc) is 3.45. The number of hydrogen-bond donors (Lipinski definition) is 1. The van der Waals surface area contributed by atoms with Crippen LogP contribution in [0.5, 0.6) is 11.5 Å². The van der Waals surface area contributed by atoms with Crippen LogP contribution >= 0.6 is 11.3 Å². The summed E-state index contributed by atoms with van der Waals surface area (Å²) >= 11 is 1.22. The number of rotatable bonds is 7. The first kappa shape index (κ1) is 24.5. The van der Waals surface area contributed by atoms with Crippen LogP contribution in [0.4, 0.5) is 9.52 Å².